The maximum absolute atomic E-state index is 5.91. The number of aromatic nitrogens is 1. The van der Waals surface area contributed by atoms with E-state index in [0.29, 0.717) is 6.54 Å². The lowest BCUT2D eigenvalue weighted by Gasteiger charge is -2.29. The van der Waals surface area contributed by atoms with Crippen LogP contribution in [0, 0.1) is 0 Å². The van der Waals surface area contributed by atoms with Crippen LogP contribution in [0.5, 0.6) is 0 Å². The average Bonchev–Trinajstić information content (AvgIpc) is 2.40. The minimum absolute atomic E-state index is 0.123. The molecule has 0 fully saturated rings. The molecule has 1 aromatic carbocycles. The molecule has 0 saturated heterocycles. The highest BCUT2D eigenvalue weighted by Gasteiger charge is 2.16. The Bertz CT molecular complexity index is 501. The van der Waals surface area contributed by atoms with Gasteiger partial charge in [0.05, 0.1) is 6.04 Å². The minimum Gasteiger partial charge on any atom is -0.366 e. The molecule has 1 aromatic heterocycles. The molecule has 1 heterocycles. The summed E-state index contributed by atoms with van der Waals surface area (Å²) in [6.45, 7) is 0.545. The van der Waals surface area contributed by atoms with Crippen molar-refractivity contribution in [3.05, 3.63) is 58.8 Å². The van der Waals surface area contributed by atoms with Gasteiger partial charge in [-0.15, -0.1) is 0 Å². The first kappa shape index (κ1) is 13.1. The van der Waals surface area contributed by atoms with E-state index in [1.54, 1.807) is 6.20 Å². The van der Waals surface area contributed by atoms with Crippen molar-refractivity contribution >= 4 is 21.6 Å². The Morgan fingerprint density at radius 3 is 2.61 bits per heavy atom. The fourth-order valence-electron chi connectivity index (χ4n) is 1.97. The van der Waals surface area contributed by atoms with E-state index < -0.39 is 0 Å². The summed E-state index contributed by atoms with van der Waals surface area (Å²) in [7, 11) is 2.05. The van der Waals surface area contributed by atoms with Crippen molar-refractivity contribution in [1.29, 1.82) is 0 Å². The van der Waals surface area contributed by atoms with Gasteiger partial charge in [0.2, 0.25) is 0 Å². The largest absolute Gasteiger partial charge is 0.366 e. The van der Waals surface area contributed by atoms with Gasteiger partial charge in [-0.2, -0.15) is 0 Å². The molecule has 1 atom stereocenters. The number of halogens is 1. The van der Waals surface area contributed by atoms with Crippen molar-refractivity contribution < 1.29 is 0 Å². The summed E-state index contributed by atoms with van der Waals surface area (Å²) >= 11 is 3.44. The third kappa shape index (κ3) is 2.89. The van der Waals surface area contributed by atoms with Crippen molar-refractivity contribution in [2.45, 2.75) is 6.04 Å². The molecule has 2 aromatic rings. The van der Waals surface area contributed by atoms with E-state index in [-0.39, 0.29) is 6.04 Å². The normalized spacial score (nSPS) is 12.2. The lowest BCUT2D eigenvalue weighted by atomic mass is 10.1. The summed E-state index contributed by atoms with van der Waals surface area (Å²) in [6, 6.07) is 12.4. The average molecular weight is 306 g/mol. The van der Waals surface area contributed by atoms with Gasteiger partial charge >= 0.3 is 0 Å². The standard InChI is InChI=1S/C14H16BrN3/c1-18(13-5-3-2-4-6-13)14(8-16)11-7-12(15)10-17-9-11/h2-7,9-10,14H,8,16H2,1H3. The molecule has 0 bridgehead atoms. The van der Waals surface area contributed by atoms with Crippen LogP contribution in [0.25, 0.3) is 0 Å². The SMILES string of the molecule is CN(c1ccccc1)C(CN)c1cncc(Br)c1. The molecule has 0 aliphatic carbocycles. The van der Waals surface area contributed by atoms with E-state index in [1.165, 1.54) is 0 Å². The van der Waals surface area contributed by atoms with Crippen LogP contribution in [0.3, 0.4) is 0 Å². The Hall–Kier alpha value is -1.39. The highest BCUT2D eigenvalue weighted by molar-refractivity contribution is 9.10. The second-order valence-corrected chi connectivity index (χ2v) is 5.05. The Morgan fingerprint density at radius 2 is 2.00 bits per heavy atom. The highest BCUT2D eigenvalue weighted by atomic mass is 79.9. The van der Waals surface area contributed by atoms with E-state index in [1.807, 2.05) is 31.4 Å². The van der Waals surface area contributed by atoms with Crippen molar-refractivity contribution in [2.75, 3.05) is 18.5 Å². The number of hydrogen-bond donors (Lipinski definition) is 1. The molecule has 0 amide bonds. The number of benzene rings is 1. The molecule has 3 nitrogen and oxygen atoms in total. The predicted molar refractivity (Wildman–Crippen MR) is 78.6 cm³/mol. The van der Waals surface area contributed by atoms with Crippen LogP contribution >= 0.6 is 15.9 Å². The molecule has 2 N–H and O–H groups in total. The molecule has 0 saturated carbocycles. The van der Waals surface area contributed by atoms with Crippen LogP contribution < -0.4 is 10.6 Å². The minimum atomic E-state index is 0.123. The van der Waals surface area contributed by atoms with E-state index in [9.17, 15) is 0 Å². The number of hydrogen-bond acceptors (Lipinski definition) is 3. The van der Waals surface area contributed by atoms with Gasteiger partial charge in [0.15, 0.2) is 0 Å². The van der Waals surface area contributed by atoms with Gasteiger partial charge in [-0.05, 0) is 39.7 Å². The van der Waals surface area contributed by atoms with E-state index in [4.69, 9.17) is 5.73 Å². The molecule has 0 spiro atoms. The zero-order valence-electron chi connectivity index (χ0n) is 10.3. The quantitative estimate of drug-likeness (QED) is 0.944. The van der Waals surface area contributed by atoms with Crippen molar-refractivity contribution in [1.82, 2.24) is 4.98 Å². The topological polar surface area (TPSA) is 42.1 Å². The van der Waals surface area contributed by atoms with Gasteiger partial charge in [0.1, 0.15) is 0 Å². The molecule has 0 aliphatic rings. The number of anilines is 1. The monoisotopic (exact) mass is 305 g/mol. The lowest BCUT2D eigenvalue weighted by Crippen LogP contribution is -2.30. The summed E-state index contributed by atoms with van der Waals surface area (Å²) in [5.41, 5.74) is 8.16. The Morgan fingerprint density at radius 1 is 1.28 bits per heavy atom. The Kier molecular flexibility index (Phi) is 4.33. The molecule has 4 heteroatoms. The zero-order chi connectivity index (χ0) is 13.0. The van der Waals surface area contributed by atoms with Crippen molar-refractivity contribution in [3.63, 3.8) is 0 Å². The van der Waals surface area contributed by atoms with Gasteiger partial charge in [-0.3, -0.25) is 4.98 Å². The first-order valence-corrected chi connectivity index (χ1v) is 6.60. The maximum atomic E-state index is 5.91. The summed E-state index contributed by atoms with van der Waals surface area (Å²) in [6.07, 6.45) is 3.64. The van der Waals surface area contributed by atoms with Crippen LogP contribution in [0.15, 0.2) is 53.3 Å². The maximum Gasteiger partial charge on any atom is 0.0676 e. The van der Waals surface area contributed by atoms with Crippen LogP contribution in [0.2, 0.25) is 0 Å². The first-order valence-electron chi connectivity index (χ1n) is 5.80. The molecular formula is C14H16BrN3. The van der Waals surface area contributed by atoms with E-state index >= 15 is 0 Å². The molecule has 94 valence electrons. The summed E-state index contributed by atoms with van der Waals surface area (Å²) in [5.74, 6) is 0. The van der Waals surface area contributed by atoms with E-state index in [0.717, 1.165) is 15.7 Å². The molecule has 1 unspecified atom stereocenters. The summed E-state index contributed by atoms with van der Waals surface area (Å²) < 4.78 is 0.972. The number of para-hydroxylation sites is 1. The van der Waals surface area contributed by atoms with E-state index in [2.05, 4.69) is 44.0 Å². The second kappa shape index (κ2) is 5.98. The first-order chi connectivity index (χ1) is 8.72. The van der Waals surface area contributed by atoms with Crippen LogP contribution in [-0.4, -0.2) is 18.6 Å². The third-order valence-corrected chi connectivity index (χ3v) is 3.40. The van der Waals surface area contributed by atoms with Gasteiger partial charge in [0.25, 0.3) is 0 Å². The van der Waals surface area contributed by atoms with Gasteiger partial charge in [-0.25, -0.2) is 0 Å². The van der Waals surface area contributed by atoms with Crippen molar-refractivity contribution in [3.8, 4) is 0 Å². The molecule has 0 radical (unpaired) electrons. The van der Waals surface area contributed by atoms with Crippen LogP contribution in [0.4, 0.5) is 5.69 Å². The Balaban J connectivity index is 2.29. The van der Waals surface area contributed by atoms with Gasteiger partial charge in [-0.1, -0.05) is 18.2 Å². The second-order valence-electron chi connectivity index (χ2n) is 4.13. The lowest BCUT2D eigenvalue weighted by molar-refractivity contribution is 0.677. The molecule has 2 rings (SSSR count). The number of rotatable bonds is 4. The van der Waals surface area contributed by atoms with Gasteiger partial charge in [0, 0.05) is 36.1 Å². The summed E-state index contributed by atoms with van der Waals surface area (Å²) in [4.78, 5) is 6.37. The third-order valence-electron chi connectivity index (χ3n) is 2.97. The van der Waals surface area contributed by atoms with Crippen LogP contribution in [0.1, 0.15) is 11.6 Å². The number of nitrogens with zero attached hydrogens (tertiary/aromatic N) is 2. The molecular weight excluding hydrogens is 290 g/mol. The van der Waals surface area contributed by atoms with Crippen molar-refractivity contribution in [2.24, 2.45) is 5.73 Å². The smallest absolute Gasteiger partial charge is 0.0676 e. The number of pyridine rings is 1. The predicted octanol–water partition coefficient (Wildman–Crippen LogP) is 2.98. The number of likely N-dealkylation sites (N-methyl/N-ethyl adjacent to an activating group) is 1. The molecule has 0 aliphatic heterocycles. The molecule has 18 heavy (non-hydrogen) atoms. The van der Waals surface area contributed by atoms with Crippen LogP contribution in [-0.2, 0) is 0 Å². The fourth-order valence-corrected chi connectivity index (χ4v) is 2.35. The highest BCUT2D eigenvalue weighted by Crippen LogP contribution is 2.25. The fraction of sp³-hybridized carbons (Fsp3) is 0.214. The van der Waals surface area contributed by atoms with Gasteiger partial charge < -0.3 is 10.6 Å². The number of nitrogens with two attached hydrogens (primary N) is 1. The Labute approximate surface area is 116 Å². The summed E-state index contributed by atoms with van der Waals surface area (Å²) in [5, 5.41) is 0. The zero-order valence-corrected chi connectivity index (χ0v) is 11.8.